The lowest BCUT2D eigenvalue weighted by molar-refractivity contribution is 0.407. The van der Waals surface area contributed by atoms with Crippen LogP contribution in [0.25, 0.3) is 0 Å². The zero-order chi connectivity index (χ0) is 13.9. The van der Waals surface area contributed by atoms with Gasteiger partial charge in [0.15, 0.2) is 0 Å². The molecule has 1 N–H and O–H groups in total. The monoisotopic (exact) mass is 274 g/mol. The molecule has 20 heavy (non-hydrogen) atoms. The second kappa shape index (κ2) is 5.61. The molecule has 1 atom stereocenters. The minimum absolute atomic E-state index is 0.282. The molecule has 0 aliphatic carbocycles. The van der Waals surface area contributed by atoms with Crippen LogP contribution in [0.4, 0.5) is 10.2 Å². The van der Waals surface area contributed by atoms with Crippen LogP contribution >= 0.6 is 0 Å². The van der Waals surface area contributed by atoms with Crippen molar-refractivity contribution in [1.82, 2.24) is 15.2 Å². The molecule has 1 aliphatic rings. The summed E-state index contributed by atoms with van der Waals surface area (Å²) < 4.78 is 12.9. The predicted octanol–water partition coefficient (Wildman–Crippen LogP) is 2.71. The third kappa shape index (κ3) is 2.81. The van der Waals surface area contributed by atoms with Crippen LogP contribution in [0.2, 0.25) is 0 Å². The molecule has 0 spiro atoms. The zero-order valence-corrected chi connectivity index (χ0v) is 11.6. The fourth-order valence-corrected chi connectivity index (χ4v) is 2.86. The summed E-state index contributed by atoms with van der Waals surface area (Å²) in [6.07, 6.45) is 6.55. The minimum atomic E-state index is -0.282. The Hall–Kier alpha value is -1.91. The summed E-state index contributed by atoms with van der Waals surface area (Å²) in [5, 5.41) is 7.16. The second-order valence-corrected chi connectivity index (χ2v) is 5.52. The van der Waals surface area contributed by atoms with Gasteiger partial charge >= 0.3 is 0 Å². The topological polar surface area (TPSA) is 44.8 Å². The number of hydrogen-bond donors (Lipinski definition) is 1. The molecule has 0 unspecified atom stereocenters. The lowest BCUT2D eigenvalue weighted by atomic mass is 9.92. The molecule has 2 aromatic heterocycles. The summed E-state index contributed by atoms with van der Waals surface area (Å²) in [6.45, 7) is 4.05. The van der Waals surface area contributed by atoms with Gasteiger partial charge in [-0.15, -0.1) is 0 Å². The lowest BCUT2D eigenvalue weighted by Gasteiger charge is -2.33. The van der Waals surface area contributed by atoms with Gasteiger partial charge in [0.2, 0.25) is 0 Å². The number of halogens is 1. The number of aromatic amines is 1. The molecule has 0 saturated carbocycles. The maximum Gasteiger partial charge on any atom is 0.141 e. The number of anilines is 1. The minimum Gasteiger partial charge on any atom is -0.356 e. The number of hydrogen-bond acceptors (Lipinski definition) is 3. The van der Waals surface area contributed by atoms with Crippen LogP contribution in [0, 0.1) is 18.7 Å². The lowest BCUT2D eigenvalue weighted by Crippen LogP contribution is -2.36. The van der Waals surface area contributed by atoms with E-state index in [0.29, 0.717) is 5.92 Å². The molecule has 106 valence electrons. The van der Waals surface area contributed by atoms with Gasteiger partial charge < -0.3 is 4.90 Å². The molecule has 2 aromatic rings. The highest BCUT2D eigenvalue weighted by Gasteiger charge is 2.22. The number of nitrogens with one attached hydrogen (secondary N) is 1. The van der Waals surface area contributed by atoms with E-state index in [4.69, 9.17) is 0 Å². The molecule has 3 heterocycles. The largest absolute Gasteiger partial charge is 0.356 e. The van der Waals surface area contributed by atoms with Crippen LogP contribution < -0.4 is 4.90 Å². The Morgan fingerprint density at radius 1 is 1.40 bits per heavy atom. The maximum absolute atomic E-state index is 12.9. The van der Waals surface area contributed by atoms with E-state index in [1.807, 2.05) is 6.20 Å². The number of rotatable bonds is 3. The molecule has 0 bridgehead atoms. The van der Waals surface area contributed by atoms with Crippen molar-refractivity contribution in [3.8, 4) is 0 Å². The Balaban J connectivity index is 1.67. The highest BCUT2D eigenvalue weighted by atomic mass is 19.1. The van der Waals surface area contributed by atoms with E-state index in [9.17, 15) is 4.39 Å². The average molecular weight is 274 g/mol. The van der Waals surface area contributed by atoms with E-state index in [0.717, 1.165) is 31.7 Å². The van der Waals surface area contributed by atoms with Crippen molar-refractivity contribution in [2.24, 2.45) is 5.92 Å². The molecular formula is C15H19FN4. The van der Waals surface area contributed by atoms with E-state index in [1.54, 1.807) is 6.07 Å². The number of aryl methyl sites for hydroxylation is 1. The maximum atomic E-state index is 12.9. The summed E-state index contributed by atoms with van der Waals surface area (Å²) in [5.74, 6) is 1.18. The van der Waals surface area contributed by atoms with Gasteiger partial charge in [-0.1, -0.05) is 0 Å². The summed E-state index contributed by atoms with van der Waals surface area (Å²) in [6, 6.07) is 3.24. The SMILES string of the molecule is Cc1cn[nH]c1C[C@H]1CCCN(c2ccc(F)cn2)C1. The molecule has 5 heteroatoms. The van der Waals surface area contributed by atoms with Crippen LogP contribution in [0.3, 0.4) is 0 Å². The van der Waals surface area contributed by atoms with E-state index < -0.39 is 0 Å². The van der Waals surface area contributed by atoms with Gasteiger partial charge in [-0.2, -0.15) is 5.10 Å². The Kier molecular flexibility index (Phi) is 3.67. The first kappa shape index (κ1) is 13.1. The smallest absolute Gasteiger partial charge is 0.141 e. The molecule has 0 amide bonds. The molecule has 0 radical (unpaired) electrons. The van der Waals surface area contributed by atoms with Crippen LogP contribution in [0.5, 0.6) is 0 Å². The van der Waals surface area contributed by atoms with Gasteiger partial charge in [-0.05, 0) is 49.8 Å². The van der Waals surface area contributed by atoms with Gasteiger partial charge in [-0.25, -0.2) is 9.37 Å². The summed E-state index contributed by atoms with van der Waals surface area (Å²) in [5.41, 5.74) is 2.45. The van der Waals surface area contributed by atoms with Crippen molar-refractivity contribution in [2.45, 2.75) is 26.2 Å². The van der Waals surface area contributed by atoms with E-state index >= 15 is 0 Å². The first-order valence-electron chi connectivity index (χ1n) is 7.07. The highest BCUT2D eigenvalue weighted by Crippen LogP contribution is 2.24. The summed E-state index contributed by atoms with van der Waals surface area (Å²) in [7, 11) is 0. The second-order valence-electron chi connectivity index (χ2n) is 5.52. The van der Waals surface area contributed by atoms with Crippen molar-refractivity contribution in [1.29, 1.82) is 0 Å². The molecule has 1 saturated heterocycles. The van der Waals surface area contributed by atoms with Gasteiger partial charge in [0.25, 0.3) is 0 Å². The molecule has 1 fully saturated rings. The fraction of sp³-hybridized carbons (Fsp3) is 0.467. The Bertz CT molecular complexity index is 564. The van der Waals surface area contributed by atoms with Crippen molar-refractivity contribution in [2.75, 3.05) is 18.0 Å². The third-order valence-corrected chi connectivity index (χ3v) is 3.98. The number of H-pyrrole nitrogens is 1. The van der Waals surface area contributed by atoms with Crippen LogP contribution in [-0.2, 0) is 6.42 Å². The molecule has 3 rings (SSSR count). The van der Waals surface area contributed by atoms with E-state index in [1.165, 1.54) is 29.9 Å². The quantitative estimate of drug-likeness (QED) is 0.936. The number of nitrogens with zero attached hydrogens (tertiary/aromatic N) is 3. The van der Waals surface area contributed by atoms with Gasteiger partial charge in [0.1, 0.15) is 11.6 Å². The van der Waals surface area contributed by atoms with Crippen molar-refractivity contribution < 1.29 is 4.39 Å². The normalized spacial score (nSPS) is 19.3. The van der Waals surface area contributed by atoms with E-state index in [-0.39, 0.29) is 5.82 Å². The third-order valence-electron chi connectivity index (χ3n) is 3.98. The summed E-state index contributed by atoms with van der Waals surface area (Å²) >= 11 is 0. The Labute approximate surface area is 118 Å². The predicted molar refractivity (Wildman–Crippen MR) is 76.2 cm³/mol. The van der Waals surface area contributed by atoms with Crippen molar-refractivity contribution in [3.05, 3.63) is 41.6 Å². The van der Waals surface area contributed by atoms with Crippen molar-refractivity contribution >= 4 is 5.82 Å². The molecular weight excluding hydrogens is 255 g/mol. The highest BCUT2D eigenvalue weighted by molar-refractivity contribution is 5.38. The standard InChI is InChI=1S/C15H19FN4/c1-11-8-18-19-14(11)7-12-3-2-6-20(10-12)15-5-4-13(16)9-17-15/h4-5,8-9,12H,2-3,6-7,10H2,1H3,(H,18,19)/t12-/m1/s1. The first-order valence-corrected chi connectivity index (χ1v) is 7.07. The summed E-state index contributed by atoms with van der Waals surface area (Å²) in [4.78, 5) is 6.43. The molecule has 0 aromatic carbocycles. The van der Waals surface area contributed by atoms with Gasteiger partial charge in [-0.3, -0.25) is 5.10 Å². The Morgan fingerprint density at radius 3 is 3.00 bits per heavy atom. The van der Waals surface area contributed by atoms with Crippen LogP contribution in [0.1, 0.15) is 24.1 Å². The van der Waals surface area contributed by atoms with Crippen molar-refractivity contribution in [3.63, 3.8) is 0 Å². The molecule has 4 nitrogen and oxygen atoms in total. The van der Waals surface area contributed by atoms with Gasteiger partial charge in [0, 0.05) is 18.8 Å². The van der Waals surface area contributed by atoms with Crippen LogP contribution in [0.15, 0.2) is 24.5 Å². The number of pyridine rings is 1. The average Bonchev–Trinajstić information content (AvgIpc) is 2.85. The number of aromatic nitrogens is 3. The Morgan fingerprint density at radius 2 is 2.30 bits per heavy atom. The van der Waals surface area contributed by atoms with Gasteiger partial charge in [0.05, 0.1) is 12.4 Å². The first-order chi connectivity index (χ1) is 9.72. The van der Waals surface area contributed by atoms with Crippen LogP contribution in [-0.4, -0.2) is 28.3 Å². The zero-order valence-electron chi connectivity index (χ0n) is 11.6. The number of piperidine rings is 1. The van der Waals surface area contributed by atoms with E-state index in [2.05, 4.69) is 27.0 Å². The molecule has 1 aliphatic heterocycles. The fourth-order valence-electron chi connectivity index (χ4n) is 2.86.